The second-order valence-corrected chi connectivity index (χ2v) is 6.95. The summed E-state index contributed by atoms with van der Waals surface area (Å²) in [5.41, 5.74) is 3.17. The average molecular weight is 385 g/mol. The van der Waals surface area contributed by atoms with Gasteiger partial charge in [0.15, 0.2) is 17.5 Å². The van der Waals surface area contributed by atoms with Gasteiger partial charge in [-0.15, -0.1) is 0 Å². The molecule has 4 nitrogen and oxygen atoms in total. The Hall–Kier alpha value is -3.09. The molecular weight excluding hydrogens is 367 g/mol. The van der Waals surface area contributed by atoms with Gasteiger partial charge in [-0.3, -0.25) is 9.48 Å². The van der Waals surface area contributed by atoms with E-state index >= 15 is 0 Å². The predicted molar refractivity (Wildman–Crippen MR) is 98.1 cm³/mol. The van der Waals surface area contributed by atoms with Crippen LogP contribution >= 0.6 is 0 Å². The van der Waals surface area contributed by atoms with E-state index in [1.165, 1.54) is 0 Å². The molecule has 0 radical (unpaired) electrons. The second kappa shape index (κ2) is 7.14. The molecule has 0 saturated carbocycles. The molecule has 0 fully saturated rings. The first-order chi connectivity index (χ1) is 13.4. The van der Waals surface area contributed by atoms with E-state index in [1.54, 1.807) is 28.9 Å². The minimum absolute atomic E-state index is 0.0927. The predicted octanol–water partition coefficient (Wildman–Crippen LogP) is 4.31. The number of carbonyl (C=O) groups is 1. The highest BCUT2D eigenvalue weighted by Crippen LogP contribution is 2.29. The Labute approximate surface area is 160 Å². The van der Waals surface area contributed by atoms with E-state index in [0.29, 0.717) is 11.1 Å². The summed E-state index contributed by atoms with van der Waals surface area (Å²) in [6.45, 7) is 0. The minimum atomic E-state index is -1.50. The fourth-order valence-electron chi connectivity index (χ4n) is 3.60. The molecule has 0 unspecified atom stereocenters. The van der Waals surface area contributed by atoms with Crippen LogP contribution in [0, 0.1) is 17.5 Å². The van der Waals surface area contributed by atoms with Crippen molar-refractivity contribution in [1.29, 1.82) is 0 Å². The van der Waals surface area contributed by atoms with Crippen LogP contribution < -0.4 is 5.32 Å². The number of rotatable bonds is 3. The van der Waals surface area contributed by atoms with E-state index in [4.69, 9.17) is 0 Å². The summed E-state index contributed by atoms with van der Waals surface area (Å²) >= 11 is 0. The molecule has 0 spiro atoms. The van der Waals surface area contributed by atoms with Gasteiger partial charge in [-0.25, -0.2) is 13.2 Å². The van der Waals surface area contributed by atoms with E-state index in [2.05, 4.69) is 10.4 Å². The van der Waals surface area contributed by atoms with Crippen molar-refractivity contribution in [3.05, 3.63) is 76.9 Å². The first-order valence-corrected chi connectivity index (χ1v) is 9.00. The first kappa shape index (κ1) is 18.3. The van der Waals surface area contributed by atoms with E-state index < -0.39 is 17.5 Å². The van der Waals surface area contributed by atoms with Crippen molar-refractivity contribution in [3.63, 3.8) is 0 Å². The lowest BCUT2D eigenvalue weighted by Crippen LogP contribution is -2.30. The highest BCUT2D eigenvalue weighted by molar-refractivity contribution is 5.95. The van der Waals surface area contributed by atoms with Gasteiger partial charge in [-0.1, -0.05) is 12.1 Å². The standard InChI is InChI=1S/C21H18F3N3O/c1-27-11-15-18(3-2-4-19(15)26-27)25-21(28)13-7-5-12(6-8-13)14-9-16(22)20(24)17(23)10-14/h5-11,18H,2-4H2,1H3,(H,25,28)/t18-/m1/s1. The van der Waals surface area contributed by atoms with Gasteiger partial charge in [0.25, 0.3) is 5.91 Å². The molecule has 2 aromatic carbocycles. The zero-order valence-corrected chi connectivity index (χ0v) is 15.2. The van der Waals surface area contributed by atoms with Crippen LogP contribution in [-0.4, -0.2) is 15.7 Å². The zero-order chi connectivity index (χ0) is 19.8. The highest BCUT2D eigenvalue weighted by Gasteiger charge is 2.24. The maximum atomic E-state index is 13.4. The van der Waals surface area contributed by atoms with Gasteiger partial charge in [0.2, 0.25) is 0 Å². The van der Waals surface area contributed by atoms with Gasteiger partial charge >= 0.3 is 0 Å². The molecule has 144 valence electrons. The first-order valence-electron chi connectivity index (χ1n) is 9.00. The summed E-state index contributed by atoms with van der Waals surface area (Å²) in [4.78, 5) is 12.6. The number of hydrogen-bond donors (Lipinski definition) is 1. The Morgan fingerprint density at radius 3 is 2.46 bits per heavy atom. The molecule has 0 saturated heterocycles. The molecule has 0 bridgehead atoms. The van der Waals surface area contributed by atoms with Crippen molar-refractivity contribution in [3.8, 4) is 11.1 Å². The van der Waals surface area contributed by atoms with Gasteiger partial charge in [0.1, 0.15) is 0 Å². The van der Waals surface area contributed by atoms with E-state index in [9.17, 15) is 18.0 Å². The smallest absolute Gasteiger partial charge is 0.251 e. The van der Waals surface area contributed by atoms with Crippen molar-refractivity contribution in [2.24, 2.45) is 7.05 Å². The van der Waals surface area contributed by atoms with Gasteiger partial charge in [-0.2, -0.15) is 5.10 Å². The van der Waals surface area contributed by atoms with Gasteiger partial charge in [0.05, 0.1) is 11.7 Å². The van der Waals surface area contributed by atoms with Crippen molar-refractivity contribution in [2.75, 3.05) is 0 Å². The third-order valence-electron chi connectivity index (χ3n) is 4.99. The Morgan fingerprint density at radius 2 is 1.79 bits per heavy atom. The third kappa shape index (κ3) is 3.40. The van der Waals surface area contributed by atoms with Crippen LogP contribution in [0.3, 0.4) is 0 Å². The lowest BCUT2D eigenvalue weighted by atomic mass is 9.93. The monoisotopic (exact) mass is 385 g/mol. The summed E-state index contributed by atoms with van der Waals surface area (Å²) < 4.78 is 41.7. The summed E-state index contributed by atoms with van der Waals surface area (Å²) in [5, 5.41) is 7.45. The molecule has 28 heavy (non-hydrogen) atoms. The van der Waals surface area contributed by atoms with E-state index in [-0.39, 0.29) is 17.5 Å². The topological polar surface area (TPSA) is 46.9 Å². The molecule has 1 aliphatic rings. The Bertz CT molecular complexity index is 1020. The zero-order valence-electron chi connectivity index (χ0n) is 15.2. The van der Waals surface area contributed by atoms with Gasteiger partial charge in [-0.05, 0) is 54.7 Å². The van der Waals surface area contributed by atoms with Crippen LogP contribution in [0.5, 0.6) is 0 Å². The van der Waals surface area contributed by atoms with Gasteiger partial charge in [0, 0.05) is 24.4 Å². The number of hydrogen-bond acceptors (Lipinski definition) is 2. The summed E-state index contributed by atoms with van der Waals surface area (Å²) in [5.74, 6) is -4.23. The molecule has 3 aromatic rings. The number of nitrogens with zero attached hydrogens (tertiary/aromatic N) is 2. The molecule has 0 aliphatic heterocycles. The summed E-state index contributed by atoms with van der Waals surface area (Å²) in [6.07, 6.45) is 4.63. The number of amides is 1. The lowest BCUT2D eigenvalue weighted by Gasteiger charge is -2.22. The van der Waals surface area contributed by atoms with Crippen LogP contribution in [0.15, 0.2) is 42.6 Å². The molecule has 1 atom stereocenters. The molecule has 1 heterocycles. The maximum absolute atomic E-state index is 13.4. The molecular formula is C21H18F3N3O. The third-order valence-corrected chi connectivity index (χ3v) is 4.99. The number of halogens is 3. The molecule has 7 heteroatoms. The SMILES string of the molecule is Cn1cc2c(n1)CCC[C@H]2NC(=O)c1ccc(-c2cc(F)c(F)c(F)c2)cc1. The van der Waals surface area contributed by atoms with Crippen LogP contribution in [0.25, 0.3) is 11.1 Å². The number of nitrogens with one attached hydrogen (secondary N) is 1. The number of benzene rings is 2. The average Bonchev–Trinajstić information content (AvgIpc) is 3.07. The quantitative estimate of drug-likeness (QED) is 0.683. The molecule has 4 rings (SSSR count). The minimum Gasteiger partial charge on any atom is -0.345 e. The Morgan fingerprint density at radius 1 is 1.11 bits per heavy atom. The van der Waals surface area contributed by atoms with Gasteiger partial charge < -0.3 is 5.32 Å². The number of carbonyl (C=O) groups excluding carboxylic acids is 1. The summed E-state index contributed by atoms with van der Waals surface area (Å²) in [6, 6.07) is 8.09. The molecule has 1 aliphatic carbocycles. The van der Waals surface area contributed by atoms with E-state index in [0.717, 1.165) is 42.7 Å². The van der Waals surface area contributed by atoms with Crippen molar-refractivity contribution in [2.45, 2.75) is 25.3 Å². The van der Waals surface area contributed by atoms with Crippen LogP contribution in [0.2, 0.25) is 0 Å². The molecule has 1 amide bonds. The molecule has 1 N–H and O–H groups in total. The van der Waals surface area contributed by atoms with Crippen molar-refractivity contribution >= 4 is 5.91 Å². The fourth-order valence-corrected chi connectivity index (χ4v) is 3.60. The Kier molecular flexibility index (Phi) is 4.66. The van der Waals surface area contributed by atoms with Crippen LogP contribution in [-0.2, 0) is 13.5 Å². The lowest BCUT2D eigenvalue weighted by molar-refractivity contribution is 0.0932. The maximum Gasteiger partial charge on any atom is 0.251 e. The normalized spacial score (nSPS) is 15.9. The van der Waals surface area contributed by atoms with Crippen LogP contribution in [0.1, 0.15) is 40.5 Å². The van der Waals surface area contributed by atoms with Crippen molar-refractivity contribution < 1.29 is 18.0 Å². The number of aromatic nitrogens is 2. The van der Waals surface area contributed by atoms with Crippen LogP contribution in [0.4, 0.5) is 13.2 Å². The van der Waals surface area contributed by atoms with E-state index in [1.807, 2.05) is 13.2 Å². The highest BCUT2D eigenvalue weighted by atomic mass is 19.2. The summed E-state index contributed by atoms with van der Waals surface area (Å²) in [7, 11) is 1.86. The largest absolute Gasteiger partial charge is 0.345 e. The van der Waals surface area contributed by atoms with Crippen molar-refractivity contribution in [1.82, 2.24) is 15.1 Å². The Balaban J connectivity index is 1.52. The number of fused-ring (bicyclic) bond motifs is 1. The number of aryl methyl sites for hydroxylation is 2. The molecule has 1 aromatic heterocycles. The second-order valence-electron chi connectivity index (χ2n) is 6.95. The fraction of sp³-hybridized carbons (Fsp3) is 0.238.